The van der Waals surface area contributed by atoms with Gasteiger partial charge >= 0.3 is 29.6 Å². The minimum atomic E-state index is -4.25. The second-order valence-corrected chi connectivity index (χ2v) is 6.53. The van der Waals surface area contributed by atoms with E-state index in [9.17, 15) is 18.3 Å². The Hall–Kier alpha value is 0.380. The summed E-state index contributed by atoms with van der Waals surface area (Å²) < 4.78 is 29.9. The molecule has 1 unspecified atom stereocenters. The number of aliphatic carboxylic acids is 1. The number of hydrogen-bond donors (Lipinski definition) is 1. The fraction of sp³-hybridized carbons (Fsp3) is 0.923. The molecule has 0 amide bonds. The van der Waals surface area contributed by atoms with Crippen LogP contribution in [0.1, 0.15) is 64.7 Å². The second kappa shape index (κ2) is 13.1. The molecule has 0 rings (SSSR count). The zero-order valence-corrected chi connectivity index (χ0v) is 15.5. The number of rotatable bonds is 12. The standard InChI is InChI=1S/C13H26O5S.Na/c1-2-3-4-5-6-7-8-9-10-12(13(14)15)11-19(16,17)18;/h12H,2-11H2,1H3,(H,14,15)(H,16,17,18);/q;+1/p-1. The maximum absolute atomic E-state index is 10.7. The summed E-state index contributed by atoms with van der Waals surface area (Å²) in [6.45, 7) is 2.16. The van der Waals surface area contributed by atoms with E-state index in [4.69, 9.17) is 4.55 Å². The van der Waals surface area contributed by atoms with E-state index in [1.807, 2.05) is 0 Å². The van der Waals surface area contributed by atoms with E-state index in [2.05, 4.69) is 6.92 Å². The van der Waals surface area contributed by atoms with E-state index in [0.717, 1.165) is 19.3 Å². The fourth-order valence-electron chi connectivity index (χ4n) is 2.05. The van der Waals surface area contributed by atoms with Gasteiger partial charge in [-0.25, -0.2) is 0 Å². The van der Waals surface area contributed by atoms with Crippen LogP contribution >= 0.6 is 0 Å². The molecule has 0 aromatic rings. The first-order valence-electron chi connectivity index (χ1n) is 7.03. The average molecular weight is 316 g/mol. The van der Waals surface area contributed by atoms with Crippen molar-refractivity contribution in [3.05, 3.63) is 0 Å². The Balaban J connectivity index is 0. The third kappa shape index (κ3) is 14.8. The minimum absolute atomic E-state index is 0. The van der Waals surface area contributed by atoms with E-state index >= 15 is 0 Å². The zero-order chi connectivity index (χ0) is 14.7. The monoisotopic (exact) mass is 316 g/mol. The number of carboxylic acids is 1. The van der Waals surface area contributed by atoms with Gasteiger partial charge in [0.05, 0.1) is 5.75 Å². The molecule has 114 valence electrons. The quantitative estimate of drug-likeness (QED) is 0.276. The maximum Gasteiger partial charge on any atom is 1.00 e. The summed E-state index contributed by atoms with van der Waals surface area (Å²) in [7, 11) is -4.25. The summed E-state index contributed by atoms with van der Waals surface area (Å²) in [4.78, 5) is 10.7. The van der Waals surface area contributed by atoms with Crippen LogP contribution in [0.5, 0.6) is 0 Å². The molecule has 1 N–H and O–H groups in total. The van der Waals surface area contributed by atoms with E-state index in [0.29, 0.717) is 6.42 Å². The van der Waals surface area contributed by atoms with E-state index in [1.54, 1.807) is 0 Å². The molecule has 0 aliphatic heterocycles. The van der Waals surface area contributed by atoms with Crippen molar-refractivity contribution in [2.24, 2.45) is 5.92 Å². The Bertz CT molecular complexity index is 343. The van der Waals surface area contributed by atoms with Gasteiger partial charge in [-0.2, -0.15) is 8.42 Å². The molecule has 20 heavy (non-hydrogen) atoms. The third-order valence-electron chi connectivity index (χ3n) is 3.15. The number of carboxylic acid groups (broad SMARTS) is 1. The molecule has 0 aliphatic rings. The molecular formula is C13H25NaO5S. The van der Waals surface area contributed by atoms with E-state index < -0.39 is 27.8 Å². The Labute approximate surface area is 144 Å². The number of hydrogen-bond acceptors (Lipinski definition) is 4. The number of carbonyl (C=O) groups excluding carboxylic acids is 1. The van der Waals surface area contributed by atoms with Crippen LogP contribution in [-0.2, 0) is 14.9 Å². The zero-order valence-electron chi connectivity index (χ0n) is 12.6. The van der Waals surface area contributed by atoms with Crippen LogP contribution in [0, 0.1) is 5.92 Å². The maximum atomic E-state index is 10.7. The van der Waals surface area contributed by atoms with Crippen LogP contribution in [-0.4, -0.2) is 24.7 Å². The predicted molar refractivity (Wildman–Crippen MR) is 72.1 cm³/mol. The topological polar surface area (TPSA) is 94.5 Å². The molecule has 5 nitrogen and oxygen atoms in total. The summed E-state index contributed by atoms with van der Waals surface area (Å²) >= 11 is 0. The van der Waals surface area contributed by atoms with Gasteiger partial charge in [0, 0.05) is 11.9 Å². The Morgan fingerprint density at radius 2 is 1.50 bits per heavy atom. The van der Waals surface area contributed by atoms with Gasteiger partial charge in [0.25, 0.3) is 10.1 Å². The molecule has 0 saturated carbocycles. The van der Waals surface area contributed by atoms with Gasteiger partial charge in [-0.15, -0.1) is 0 Å². The largest absolute Gasteiger partial charge is 1.00 e. The van der Waals surface area contributed by atoms with E-state index in [-0.39, 0.29) is 36.0 Å². The van der Waals surface area contributed by atoms with Crippen molar-refractivity contribution in [2.75, 3.05) is 5.75 Å². The van der Waals surface area contributed by atoms with Gasteiger partial charge in [0.15, 0.2) is 0 Å². The van der Waals surface area contributed by atoms with Crippen LogP contribution in [0.25, 0.3) is 0 Å². The average Bonchev–Trinajstić information content (AvgIpc) is 2.29. The first kappa shape index (κ1) is 22.7. The van der Waals surface area contributed by atoms with Crippen molar-refractivity contribution in [2.45, 2.75) is 64.7 Å². The molecule has 0 heterocycles. The molecule has 0 aromatic heterocycles. The smallest absolute Gasteiger partial charge is 0.550 e. The van der Waals surface area contributed by atoms with E-state index in [1.165, 1.54) is 25.7 Å². The Morgan fingerprint density at radius 1 is 1.05 bits per heavy atom. The summed E-state index contributed by atoms with van der Waals surface area (Å²) in [6.07, 6.45) is 8.86. The fourth-order valence-corrected chi connectivity index (χ4v) is 2.86. The van der Waals surface area contributed by atoms with Crippen LogP contribution in [0.2, 0.25) is 0 Å². The van der Waals surface area contributed by atoms with Crippen molar-refractivity contribution in [3.63, 3.8) is 0 Å². The SMILES string of the molecule is CCCCCCCCCCC(CS(=O)(=O)O)C(=O)[O-].[Na+]. The molecule has 1 atom stereocenters. The van der Waals surface area contributed by atoms with Crippen LogP contribution < -0.4 is 34.7 Å². The minimum Gasteiger partial charge on any atom is -0.550 e. The normalized spacial score (nSPS) is 12.7. The molecule has 7 heteroatoms. The molecule has 0 spiro atoms. The molecule has 0 aliphatic carbocycles. The van der Waals surface area contributed by atoms with Gasteiger partial charge in [-0.05, 0) is 6.42 Å². The third-order valence-corrected chi connectivity index (χ3v) is 3.97. The molecule has 0 bridgehead atoms. The van der Waals surface area contributed by atoms with Crippen molar-refractivity contribution < 1.29 is 52.4 Å². The number of carbonyl (C=O) groups is 1. The van der Waals surface area contributed by atoms with Crippen molar-refractivity contribution in [1.82, 2.24) is 0 Å². The van der Waals surface area contributed by atoms with Crippen molar-refractivity contribution in [3.8, 4) is 0 Å². The molecule has 0 radical (unpaired) electrons. The Morgan fingerprint density at radius 3 is 1.90 bits per heavy atom. The summed E-state index contributed by atoms with van der Waals surface area (Å²) in [6, 6.07) is 0. The van der Waals surface area contributed by atoms with Crippen molar-refractivity contribution >= 4 is 16.1 Å². The number of unbranched alkanes of at least 4 members (excludes halogenated alkanes) is 7. The summed E-state index contributed by atoms with van der Waals surface area (Å²) in [5.41, 5.74) is 0. The van der Waals surface area contributed by atoms with Gasteiger partial charge in [-0.3, -0.25) is 4.55 Å². The molecule has 0 fully saturated rings. The predicted octanol–water partition coefficient (Wildman–Crippen LogP) is -1.22. The van der Waals surface area contributed by atoms with Gasteiger partial charge in [0.1, 0.15) is 0 Å². The van der Waals surface area contributed by atoms with Crippen LogP contribution in [0.3, 0.4) is 0 Å². The molecule has 0 aromatic carbocycles. The first-order chi connectivity index (χ1) is 8.87. The van der Waals surface area contributed by atoms with Crippen LogP contribution in [0.15, 0.2) is 0 Å². The van der Waals surface area contributed by atoms with Gasteiger partial charge < -0.3 is 9.90 Å². The first-order valence-corrected chi connectivity index (χ1v) is 8.63. The summed E-state index contributed by atoms with van der Waals surface area (Å²) in [5, 5.41) is 10.7. The van der Waals surface area contributed by atoms with Crippen LogP contribution in [0.4, 0.5) is 0 Å². The molecule has 0 saturated heterocycles. The van der Waals surface area contributed by atoms with Gasteiger partial charge in [-0.1, -0.05) is 58.3 Å². The van der Waals surface area contributed by atoms with Gasteiger partial charge in [0.2, 0.25) is 0 Å². The molecular weight excluding hydrogens is 291 g/mol. The Kier molecular flexibility index (Phi) is 14.8. The summed E-state index contributed by atoms with van der Waals surface area (Å²) in [5.74, 6) is -3.25. The van der Waals surface area contributed by atoms with Crippen molar-refractivity contribution in [1.29, 1.82) is 0 Å². The second-order valence-electron chi connectivity index (χ2n) is 5.03.